The predicted octanol–water partition coefficient (Wildman–Crippen LogP) is -0.553. The Morgan fingerprint density at radius 3 is 2.22 bits per heavy atom. The van der Waals surface area contributed by atoms with Gasteiger partial charge >= 0.3 is 0 Å². The Balaban J connectivity index is 0.00000264. The summed E-state index contributed by atoms with van der Waals surface area (Å²) >= 11 is 0. The van der Waals surface area contributed by atoms with Gasteiger partial charge in [0.2, 0.25) is 0 Å². The van der Waals surface area contributed by atoms with Gasteiger partial charge in [0.15, 0.2) is 11.5 Å². The van der Waals surface area contributed by atoms with Crippen LogP contribution in [0, 0.1) is 0 Å². The zero-order valence-corrected chi connectivity index (χ0v) is 14.7. The number of quaternary nitrogens is 1. The van der Waals surface area contributed by atoms with Crippen LogP contribution in [0.15, 0.2) is 48.5 Å². The van der Waals surface area contributed by atoms with Gasteiger partial charge in [-0.05, 0) is 29.7 Å². The Hall–Kier alpha value is -1.71. The maximum absolute atomic E-state index is 5.34. The third-order valence-electron chi connectivity index (χ3n) is 3.80. The average Bonchev–Trinajstić information content (AvgIpc) is 2.58. The Kier molecular flexibility index (Phi) is 9.18. The molecule has 0 spiro atoms. The van der Waals surface area contributed by atoms with E-state index in [1.54, 1.807) is 14.2 Å². The third-order valence-corrected chi connectivity index (χ3v) is 3.80. The monoisotopic (exact) mass is 335 g/mol. The van der Waals surface area contributed by atoms with E-state index in [2.05, 4.69) is 47.8 Å². The van der Waals surface area contributed by atoms with Gasteiger partial charge in [-0.1, -0.05) is 36.4 Å². The number of hydrogen-bond donors (Lipinski definition) is 1. The number of rotatable bonds is 9. The summed E-state index contributed by atoms with van der Waals surface area (Å²) in [6.07, 6.45) is 3.43. The first-order valence-corrected chi connectivity index (χ1v) is 7.90. The molecule has 23 heavy (non-hydrogen) atoms. The summed E-state index contributed by atoms with van der Waals surface area (Å²) in [4.78, 5) is 0. The maximum atomic E-state index is 5.34. The second kappa shape index (κ2) is 10.9. The van der Waals surface area contributed by atoms with Gasteiger partial charge in [-0.25, -0.2) is 0 Å². The van der Waals surface area contributed by atoms with E-state index in [0.29, 0.717) is 0 Å². The van der Waals surface area contributed by atoms with Crippen LogP contribution in [0.2, 0.25) is 0 Å². The zero-order valence-electron chi connectivity index (χ0n) is 13.9. The lowest BCUT2D eigenvalue weighted by atomic mass is 10.1. The first kappa shape index (κ1) is 19.3. The van der Waals surface area contributed by atoms with Crippen molar-refractivity contribution in [1.29, 1.82) is 0 Å². The molecule has 0 saturated heterocycles. The minimum atomic E-state index is 0. The molecule has 0 heterocycles. The molecule has 0 aromatic heterocycles. The van der Waals surface area contributed by atoms with E-state index >= 15 is 0 Å². The molecule has 0 amide bonds. The van der Waals surface area contributed by atoms with Crippen LogP contribution in [-0.2, 0) is 12.8 Å². The molecular formula is C19H26ClNO2. The topological polar surface area (TPSA) is 35.1 Å². The number of nitrogens with two attached hydrogens (primary N) is 1. The van der Waals surface area contributed by atoms with Crippen LogP contribution in [0.5, 0.6) is 11.5 Å². The largest absolute Gasteiger partial charge is 1.00 e. The third kappa shape index (κ3) is 6.51. The highest BCUT2D eigenvalue weighted by Crippen LogP contribution is 2.27. The average molecular weight is 336 g/mol. The first-order valence-electron chi connectivity index (χ1n) is 7.90. The van der Waals surface area contributed by atoms with E-state index in [0.717, 1.165) is 30.9 Å². The SMILES string of the molecule is COc1ccc(CC[NH2+]CCCc2ccccc2)cc1OC.[Cl-]. The second-order valence-corrected chi connectivity index (χ2v) is 5.39. The molecule has 0 unspecified atom stereocenters. The van der Waals surface area contributed by atoms with E-state index in [1.807, 2.05) is 6.07 Å². The van der Waals surface area contributed by atoms with Gasteiger partial charge in [-0.15, -0.1) is 0 Å². The summed E-state index contributed by atoms with van der Waals surface area (Å²) < 4.78 is 10.6. The van der Waals surface area contributed by atoms with E-state index in [4.69, 9.17) is 9.47 Å². The van der Waals surface area contributed by atoms with E-state index < -0.39 is 0 Å². The Labute approximate surface area is 145 Å². The Morgan fingerprint density at radius 1 is 0.783 bits per heavy atom. The van der Waals surface area contributed by atoms with Crippen molar-refractivity contribution in [2.75, 3.05) is 27.3 Å². The summed E-state index contributed by atoms with van der Waals surface area (Å²) in [6.45, 7) is 2.27. The molecule has 0 atom stereocenters. The van der Waals surface area contributed by atoms with Gasteiger partial charge in [0, 0.05) is 12.8 Å². The molecule has 2 rings (SSSR count). The van der Waals surface area contributed by atoms with Crippen LogP contribution < -0.4 is 27.2 Å². The van der Waals surface area contributed by atoms with Gasteiger partial charge in [-0.3, -0.25) is 0 Å². The fraction of sp³-hybridized carbons (Fsp3) is 0.368. The molecule has 0 bridgehead atoms. The standard InChI is InChI=1S/C19H25NO2.ClH/c1-21-18-11-10-17(15-19(18)22-2)12-14-20-13-6-9-16-7-4-3-5-8-16;/h3-5,7-8,10-11,15,20H,6,9,12-14H2,1-2H3;1H. The molecule has 2 aromatic carbocycles. The summed E-state index contributed by atoms with van der Waals surface area (Å²) in [5.41, 5.74) is 2.72. The molecule has 2 N–H and O–H groups in total. The quantitative estimate of drug-likeness (QED) is 0.624. The van der Waals surface area contributed by atoms with Crippen LogP contribution in [0.25, 0.3) is 0 Å². The van der Waals surface area contributed by atoms with Gasteiger partial charge in [0.1, 0.15) is 0 Å². The van der Waals surface area contributed by atoms with E-state index in [1.165, 1.54) is 24.1 Å². The van der Waals surface area contributed by atoms with Crippen molar-refractivity contribution in [3.05, 3.63) is 59.7 Å². The number of hydrogen-bond acceptors (Lipinski definition) is 2. The Bertz CT molecular complexity index is 561. The van der Waals surface area contributed by atoms with E-state index in [-0.39, 0.29) is 12.4 Å². The van der Waals surface area contributed by atoms with Crippen molar-refractivity contribution < 1.29 is 27.2 Å². The predicted molar refractivity (Wildman–Crippen MR) is 89.7 cm³/mol. The van der Waals surface area contributed by atoms with Crippen LogP contribution in [0.4, 0.5) is 0 Å². The molecule has 0 fully saturated rings. The van der Waals surface area contributed by atoms with Crippen molar-refractivity contribution in [3.63, 3.8) is 0 Å². The van der Waals surface area contributed by atoms with Crippen LogP contribution in [0.3, 0.4) is 0 Å². The van der Waals surface area contributed by atoms with Crippen molar-refractivity contribution >= 4 is 0 Å². The van der Waals surface area contributed by atoms with Crippen molar-refractivity contribution in [2.45, 2.75) is 19.3 Å². The highest BCUT2D eigenvalue weighted by atomic mass is 35.5. The summed E-state index contributed by atoms with van der Waals surface area (Å²) in [5, 5.41) is 2.39. The van der Waals surface area contributed by atoms with Crippen molar-refractivity contribution in [2.24, 2.45) is 0 Å². The lowest BCUT2D eigenvalue weighted by Gasteiger charge is -2.09. The van der Waals surface area contributed by atoms with Crippen LogP contribution in [-0.4, -0.2) is 27.3 Å². The molecule has 126 valence electrons. The van der Waals surface area contributed by atoms with E-state index in [9.17, 15) is 0 Å². The molecule has 0 radical (unpaired) electrons. The number of methoxy groups -OCH3 is 2. The normalized spacial score (nSPS) is 10.0. The number of benzene rings is 2. The molecule has 0 aliphatic rings. The lowest BCUT2D eigenvalue weighted by molar-refractivity contribution is -0.654. The van der Waals surface area contributed by atoms with Crippen LogP contribution in [0.1, 0.15) is 17.5 Å². The molecule has 3 nitrogen and oxygen atoms in total. The molecular weight excluding hydrogens is 310 g/mol. The Morgan fingerprint density at radius 2 is 1.52 bits per heavy atom. The van der Waals surface area contributed by atoms with Crippen LogP contribution >= 0.6 is 0 Å². The number of ether oxygens (including phenoxy) is 2. The van der Waals surface area contributed by atoms with Gasteiger partial charge < -0.3 is 27.2 Å². The van der Waals surface area contributed by atoms with Gasteiger partial charge in [0.25, 0.3) is 0 Å². The number of aryl methyl sites for hydroxylation is 1. The highest BCUT2D eigenvalue weighted by molar-refractivity contribution is 5.42. The maximum Gasteiger partial charge on any atom is 0.160 e. The molecule has 4 heteroatoms. The smallest absolute Gasteiger partial charge is 0.160 e. The van der Waals surface area contributed by atoms with Crippen molar-refractivity contribution in [1.82, 2.24) is 0 Å². The highest BCUT2D eigenvalue weighted by Gasteiger charge is 2.04. The second-order valence-electron chi connectivity index (χ2n) is 5.39. The first-order chi connectivity index (χ1) is 10.8. The summed E-state index contributed by atoms with van der Waals surface area (Å²) in [7, 11) is 3.34. The summed E-state index contributed by atoms with van der Waals surface area (Å²) in [5.74, 6) is 1.60. The molecule has 0 aliphatic heterocycles. The van der Waals surface area contributed by atoms with Crippen molar-refractivity contribution in [3.8, 4) is 11.5 Å². The zero-order chi connectivity index (χ0) is 15.6. The fourth-order valence-corrected chi connectivity index (χ4v) is 2.54. The van der Waals surface area contributed by atoms with Gasteiger partial charge in [0.05, 0.1) is 27.3 Å². The molecule has 0 aliphatic carbocycles. The molecule has 0 saturated carbocycles. The lowest BCUT2D eigenvalue weighted by Crippen LogP contribution is -3.00. The summed E-state index contributed by atoms with van der Waals surface area (Å²) in [6, 6.07) is 16.8. The molecule has 2 aromatic rings. The fourth-order valence-electron chi connectivity index (χ4n) is 2.54. The minimum absolute atomic E-state index is 0. The minimum Gasteiger partial charge on any atom is -1.00 e. The number of halogens is 1. The van der Waals surface area contributed by atoms with Gasteiger partial charge in [-0.2, -0.15) is 0 Å².